The molecule has 31 heavy (non-hydrogen) atoms. The number of fused-ring (bicyclic) bond motifs is 1. The summed E-state index contributed by atoms with van der Waals surface area (Å²) in [5.74, 6) is -2.68. The van der Waals surface area contributed by atoms with Crippen molar-refractivity contribution in [3.63, 3.8) is 0 Å². The summed E-state index contributed by atoms with van der Waals surface area (Å²) in [4.78, 5) is 41.6. The summed E-state index contributed by atoms with van der Waals surface area (Å²) in [6.45, 7) is 11.6. The molecule has 0 aromatic heterocycles. The number of rotatable bonds is 10. The Hall–Kier alpha value is -1.89. The summed E-state index contributed by atoms with van der Waals surface area (Å²) in [5.41, 5.74) is 0. The lowest BCUT2D eigenvalue weighted by Crippen LogP contribution is -2.55. The van der Waals surface area contributed by atoms with Crippen LogP contribution in [0.4, 0.5) is 0 Å². The van der Waals surface area contributed by atoms with Crippen molar-refractivity contribution in [1.29, 1.82) is 0 Å². The SMILES string of the molecule is CCCC(C)NC(=O)[C@@H]1[C@H]2C=C[C@@H](CC)[C@@H](C(=O)OCC)[C@H]2C(=O)N1[C@@H](CO)C(C)C. The van der Waals surface area contributed by atoms with E-state index in [0.29, 0.717) is 6.42 Å². The maximum atomic E-state index is 13.7. The molecule has 0 aromatic rings. The number of amides is 2. The summed E-state index contributed by atoms with van der Waals surface area (Å²) < 4.78 is 5.34. The third kappa shape index (κ3) is 5.13. The average Bonchev–Trinajstić information content (AvgIpc) is 3.00. The monoisotopic (exact) mass is 436 g/mol. The molecule has 7 nitrogen and oxygen atoms in total. The lowest BCUT2D eigenvalue weighted by atomic mass is 9.69. The largest absolute Gasteiger partial charge is 0.466 e. The fourth-order valence-electron chi connectivity index (χ4n) is 5.20. The Morgan fingerprint density at radius 3 is 2.39 bits per heavy atom. The lowest BCUT2D eigenvalue weighted by molar-refractivity contribution is -0.156. The van der Waals surface area contributed by atoms with E-state index in [-0.39, 0.29) is 48.9 Å². The number of nitrogens with one attached hydrogen (secondary N) is 1. The van der Waals surface area contributed by atoms with Gasteiger partial charge in [0.1, 0.15) is 6.04 Å². The Kier molecular flexibility index (Phi) is 9.10. The van der Waals surface area contributed by atoms with Crippen molar-refractivity contribution in [1.82, 2.24) is 10.2 Å². The van der Waals surface area contributed by atoms with Crippen molar-refractivity contribution in [2.45, 2.75) is 78.9 Å². The highest BCUT2D eigenvalue weighted by atomic mass is 16.5. The first-order valence-corrected chi connectivity index (χ1v) is 11.8. The van der Waals surface area contributed by atoms with Gasteiger partial charge in [0.15, 0.2) is 0 Å². The van der Waals surface area contributed by atoms with Gasteiger partial charge in [0, 0.05) is 12.0 Å². The zero-order valence-electron chi connectivity index (χ0n) is 19.8. The number of ether oxygens (including phenoxy) is 1. The van der Waals surface area contributed by atoms with E-state index in [4.69, 9.17) is 4.74 Å². The highest BCUT2D eigenvalue weighted by Crippen LogP contribution is 2.46. The first-order valence-electron chi connectivity index (χ1n) is 11.8. The van der Waals surface area contributed by atoms with E-state index >= 15 is 0 Å². The molecule has 2 aliphatic rings. The van der Waals surface area contributed by atoms with Gasteiger partial charge in [-0.1, -0.05) is 46.3 Å². The molecule has 1 unspecified atom stereocenters. The third-order valence-corrected chi connectivity index (χ3v) is 6.77. The van der Waals surface area contributed by atoms with Crippen LogP contribution in [0, 0.1) is 29.6 Å². The molecule has 2 amide bonds. The Labute approximate surface area is 186 Å². The van der Waals surface area contributed by atoms with Gasteiger partial charge in [-0.2, -0.15) is 0 Å². The van der Waals surface area contributed by atoms with Crippen molar-refractivity contribution >= 4 is 17.8 Å². The topological polar surface area (TPSA) is 95.9 Å². The molecular formula is C24H40N2O5. The number of carbonyl (C=O) groups is 3. The summed E-state index contributed by atoms with van der Waals surface area (Å²) >= 11 is 0. The van der Waals surface area contributed by atoms with E-state index in [1.54, 1.807) is 11.8 Å². The number of aliphatic hydroxyl groups excluding tert-OH is 1. The molecule has 1 aliphatic carbocycles. The van der Waals surface area contributed by atoms with Crippen LogP contribution in [0.1, 0.15) is 60.8 Å². The van der Waals surface area contributed by atoms with Crippen LogP contribution in [0.3, 0.4) is 0 Å². The van der Waals surface area contributed by atoms with E-state index in [2.05, 4.69) is 12.2 Å². The van der Waals surface area contributed by atoms with Gasteiger partial charge >= 0.3 is 5.97 Å². The predicted octanol–water partition coefficient (Wildman–Crippen LogP) is 2.53. The number of hydrogen-bond acceptors (Lipinski definition) is 5. The lowest BCUT2D eigenvalue weighted by Gasteiger charge is -2.35. The van der Waals surface area contributed by atoms with Gasteiger partial charge in [0.2, 0.25) is 11.8 Å². The number of likely N-dealkylation sites (tertiary alicyclic amines) is 1. The number of carbonyl (C=O) groups excluding carboxylic acids is 3. The molecule has 0 radical (unpaired) electrons. The highest BCUT2D eigenvalue weighted by Gasteiger charge is 2.59. The fourth-order valence-corrected chi connectivity index (χ4v) is 5.20. The van der Waals surface area contributed by atoms with Crippen LogP contribution in [-0.2, 0) is 19.1 Å². The minimum atomic E-state index is -0.748. The van der Waals surface area contributed by atoms with Gasteiger partial charge in [-0.05, 0) is 38.5 Å². The first-order chi connectivity index (χ1) is 14.7. The van der Waals surface area contributed by atoms with E-state index in [1.807, 2.05) is 39.8 Å². The second-order valence-corrected chi connectivity index (χ2v) is 9.22. The predicted molar refractivity (Wildman–Crippen MR) is 119 cm³/mol. The zero-order valence-corrected chi connectivity index (χ0v) is 19.8. The van der Waals surface area contributed by atoms with Gasteiger partial charge in [0.05, 0.1) is 31.1 Å². The van der Waals surface area contributed by atoms with Gasteiger partial charge in [-0.15, -0.1) is 0 Å². The quantitative estimate of drug-likeness (QED) is 0.405. The minimum Gasteiger partial charge on any atom is -0.466 e. The van der Waals surface area contributed by atoms with E-state index in [1.165, 1.54) is 0 Å². The van der Waals surface area contributed by atoms with Crippen molar-refractivity contribution in [2.24, 2.45) is 29.6 Å². The Balaban J connectivity index is 2.51. The number of aliphatic hydroxyl groups is 1. The van der Waals surface area contributed by atoms with Crippen LogP contribution < -0.4 is 5.32 Å². The maximum absolute atomic E-state index is 13.7. The summed E-state index contributed by atoms with van der Waals surface area (Å²) in [6, 6.07) is -1.26. The van der Waals surface area contributed by atoms with Crippen molar-refractivity contribution in [3.8, 4) is 0 Å². The van der Waals surface area contributed by atoms with Crippen LogP contribution in [0.25, 0.3) is 0 Å². The summed E-state index contributed by atoms with van der Waals surface area (Å²) in [5, 5.41) is 13.2. The Morgan fingerprint density at radius 1 is 1.19 bits per heavy atom. The molecule has 0 spiro atoms. The van der Waals surface area contributed by atoms with Crippen LogP contribution in [-0.4, -0.2) is 59.1 Å². The van der Waals surface area contributed by atoms with Gasteiger partial charge in [-0.25, -0.2) is 0 Å². The second-order valence-electron chi connectivity index (χ2n) is 9.22. The third-order valence-electron chi connectivity index (χ3n) is 6.77. The fraction of sp³-hybridized carbons (Fsp3) is 0.792. The summed E-state index contributed by atoms with van der Waals surface area (Å²) in [6.07, 6.45) is 6.39. The standard InChI is InChI=1S/C24H40N2O5/c1-7-10-15(6)25-22(28)21-17-12-11-16(8-2)19(24(30)31-9-3)20(17)23(29)26(21)18(13-27)14(4)5/h11-12,14-21,27H,7-10,13H2,1-6H3,(H,25,28)/t15?,16-,17+,18+,19-,20+,21+/m1/s1. The first kappa shape index (κ1) is 25.4. The molecule has 0 aromatic carbocycles. The average molecular weight is 437 g/mol. The van der Waals surface area contributed by atoms with Crippen LogP contribution in [0.15, 0.2) is 12.2 Å². The molecule has 1 aliphatic heterocycles. The number of hydrogen-bond donors (Lipinski definition) is 2. The molecule has 0 bridgehead atoms. The molecule has 1 fully saturated rings. The van der Waals surface area contributed by atoms with Crippen LogP contribution in [0.2, 0.25) is 0 Å². The smallest absolute Gasteiger partial charge is 0.310 e. The Morgan fingerprint density at radius 2 is 1.87 bits per heavy atom. The van der Waals surface area contributed by atoms with Crippen molar-refractivity contribution in [2.75, 3.05) is 13.2 Å². The number of allylic oxidation sites excluding steroid dienone is 1. The van der Waals surface area contributed by atoms with E-state index < -0.39 is 29.8 Å². The molecular weight excluding hydrogens is 396 g/mol. The normalized spacial score (nSPS) is 29.6. The molecule has 176 valence electrons. The molecule has 7 heteroatoms. The van der Waals surface area contributed by atoms with E-state index in [9.17, 15) is 19.5 Å². The number of nitrogens with zero attached hydrogens (tertiary/aromatic N) is 1. The molecule has 0 saturated carbocycles. The molecule has 2 rings (SSSR count). The van der Waals surface area contributed by atoms with Crippen molar-refractivity contribution < 1.29 is 24.2 Å². The number of esters is 1. The Bertz CT molecular complexity index is 677. The zero-order chi connectivity index (χ0) is 23.3. The summed E-state index contributed by atoms with van der Waals surface area (Å²) in [7, 11) is 0. The van der Waals surface area contributed by atoms with Crippen LogP contribution in [0.5, 0.6) is 0 Å². The molecule has 7 atom stereocenters. The second kappa shape index (κ2) is 11.1. The molecule has 2 N–H and O–H groups in total. The minimum absolute atomic E-state index is 0.0167. The highest BCUT2D eigenvalue weighted by molar-refractivity contribution is 5.96. The van der Waals surface area contributed by atoms with Crippen molar-refractivity contribution in [3.05, 3.63) is 12.2 Å². The van der Waals surface area contributed by atoms with Gasteiger partial charge in [0.25, 0.3) is 0 Å². The molecule has 1 saturated heterocycles. The van der Waals surface area contributed by atoms with Crippen LogP contribution >= 0.6 is 0 Å². The van der Waals surface area contributed by atoms with Gasteiger partial charge in [-0.3, -0.25) is 14.4 Å². The van der Waals surface area contributed by atoms with Gasteiger partial charge < -0.3 is 20.1 Å². The molecule has 1 heterocycles. The van der Waals surface area contributed by atoms with E-state index in [0.717, 1.165) is 12.8 Å². The maximum Gasteiger partial charge on any atom is 0.310 e.